The number of nitrogens with zero attached hydrogens (tertiary/aromatic N) is 2. The Bertz CT molecular complexity index is 406. The Morgan fingerprint density at radius 3 is 3.13 bits per heavy atom. The molecule has 2 rings (SSSR count). The maximum Gasteiger partial charge on any atom is 0.172 e. The number of ketones is 1. The lowest BCUT2D eigenvalue weighted by Crippen LogP contribution is -2.00. The summed E-state index contributed by atoms with van der Waals surface area (Å²) in [5, 5.41) is 1.93. The molecule has 0 aliphatic carbocycles. The van der Waals surface area contributed by atoms with Crippen molar-refractivity contribution in [3.8, 4) is 0 Å². The summed E-state index contributed by atoms with van der Waals surface area (Å²) in [6, 6.07) is 3.79. The third kappa shape index (κ3) is 2.76. The lowest BCUT2D eigenvalue weighted by molar-refractivity contribution is 0.0982. The van der Waals surface area contributed by atoms with Gasteiger partial charge in [-0.05, 0) is 17.9 Å². The van der Waals surface area contributed by atoms with E-state index in [0.717, 1.165) is 17.8 Å². The van der Waals surface area contributed by atoms with Gasteiger partial charge in [-0.1, -0.05) is 6.07 Å². The number of hydrogen-bond donors (Lipinski definition) is 0. The Hall–Kier alpha value is -1.42. The zero-order valence-electron chi connectivity index (χ0n) is 8.30. The van der Waals surface area contributed by atoms with Gasteiger partial charge >= 0.3 is 0 Å². The molecule has 78 valence electrons. The number of carbonyl (C=O) groups is 1. The predicted octanol–water partition coefficient (Wildman–Crippen LogP) is 2.61. The molecule has 0 aromatic carbocycles. The smallest absolute Gasteiger partial charge is 0.172 e. The van der Waals surface area contributed by atoms with Crippen LogP contribution in [0.25, 0.3) is 0 Å². The number of rotatable bonds is 5. The molecule has 0 saturated heterocycles. The van der Waals surface area contributed by atoms with Crippen LogP contribution in [0.5, 0.6) is 0 Å². The lowest BCUT2D eigenvalue weighted by Gasteiger charge is -2.00. The Morgan fingerprint density at radius 1 is 1.53 bits per heavy atom. The number of carbonyl (C=O) groups excluding carboxylic acids is 1. The number of thiophene rings is 1. The van der Waals surface area contributed by atoms with Gasteiger partial charge in [0.2, 0.25) is 0 Å². The van der Waals surface area contributed by atoms with Crippen LogP contribution in [0.4, 0.5) is 0 Å². The summed E-state index contributed by atoms with van der Waals surface area (Å²) < 4.78 is 1.99. The molecule has 0 saturated carbocycles. The van der Waals surface area contributed by atoms with E-state index in [2.05, 4.69) is 4.98 Å². The van der Waals surface area contributed by atoms with Crippen LogP contribution in [0.3, 0.4) is 0 Å². The maximum absolute atomic E-state index is 11.6. The molecule has 0 radical (unpaired) electrons. The van der Waals surface area contributed by atoms with Crippen molar-refractivity contribution in [2.24, 2.45) is 0 Å². The second-order valence-electron chi connectivity index (χ2n) is 3.30. The molecule has 0 N–H and O–H groups in total. The first kappa shape index (κ1) is 10.1. The Kier molecular flexibility index (Phi) is 3.29. The summed E-state index contributed by atoms with van der Waals surface area (Å²) in [6.07, 6.45) is 6.91. The molecule has 0 fully saturated rings. The molecule has 15 heavy (non-hydrogen) atoms. The lowest BCUT2D eigenvalue weighted by atomic mass is 10.2. The van der Waals surface area contributed by atoms with Gasteiger partial charge in [0, 0.05) is 25.4 Å². The Balaban J connectivity index is 1.77. The fourth-order valence-electron chi connectivity index (χ4n) is 1.40. The van der Waals surface area contributed by atoms with Crippen LogP contribution in [-0.4, -0.2) is 15.3 Å². The zero-order valence-corrected chi connectivity index (χ0v) is 9.11. The van der Waals surface area contributed by atoms with Gasteiger partial charge in [0.1, 0.15) is 0 Å². The first-order chi connectivity index (χ1) is 7.36. The van der Waals surface area contributed by atoms with E-state index < -0.39 is 0 Å². The molecule has 0 bridgehead atoms. The van der Waals surface area contributed by atoms with E-state index in [1.54, 1.807) is 12.5 Å². The molecule has 0 aliphatic heterocycles. The number of imidazole rings is 1. The zero-order chi connectivity index (χ0) is 10.5. The van der Waals surface area contributed by atoms with Gasteiger partial charge in [-0.3, -0.25) is 4.79 Å². The highest BCUT2D eigenvalue weighted by atomic mass is 32.1. The minimum atomic E-state index is 0.241. The first-order valence-corrected chi connectivity index (χ1v) is 5.76. The van der Waals surface area contributed by atoms with E-state index in [9.17, 15) is 4.79 Å². The van der Waals surface area contributed by atoms with Gasteiger partial charge in [0.25, 0.3) is 0 Å². The van der Waals surface area contributed by atoms with E-state index >= 15 is 0 Å². The monoisotopic (exact) mass is 220 g/mol. The van der Waals surface area contributed by atoms with Crippen molar-refractivity contribution >= 4 is 17.1 Å². The highest BCUT2D eigenvalue weighted by Gasteiger charge is 2.05. The molecule has 2 aromatic heterocycles. The summed E-state index contributed by atoms with van der Waals surface area (Å²) in [4.78, 5) is 16.4. The highest BCUT2D eigenvalue weighted by Crippen LogP contribution is 2.12. The quantitative estimate of drug-likeness (QED) is 0.726. The van der Waals surface area contributed by atoms with Gasteiger partial charge in [-0.25, -0.2) is 4.98 Å². The Labute approximate surface area is 92.4 Å². The molecule has 2 aromatic rings. The van der Waals surface area contributed by atoms with E-state index in [0.29, 0.717) is 6.42 Å². The standard InChI is InChI=1S/C11H12N2OS/c14-10(11-4-2-8-15-11)3-1-6-13-7-5-12-9-13/h2,4-5,7-9H,1,3,6H2. The van der Waals surface area contributed by atoms with Crippen molar-refractivity contribution in [2.45, 2.75) is 19.4 Å². The van der Waals surface area contributed by atoms with E-state index in [4.69, 9.17) is 0 Å². The summed E-state index contributed by atoms with van der Waals surface area (Å²) in [6.45, 7) is 0.858. The van der Waals surface area contributed by atoms with Crippen LogP contribution in [-0.2, 0) is 6.54 Å². The number of Topliss-reactive ketones (excluding diaryl/α,β-unsaturated/α-hetero) is 1. The summed E-state index contributed by atoms with van der Waals surface area (Å²) >= 11 is 1.51. The van der Waals surface area contributed by atoms with Crippen molar-refractivity contribution < 1.29 is 4.79 Å². The SMILES string of the molecule is O=C(CCCn1ccnc1)c1cccs1. The van der Waals surface area contributed by atoms with E-state index in [-0.39, 0.29) is 5.78 Å². The topological polar surface area (TPSA) is 34.9 Å². The third-order valence-electron chi connectivity index (χ3n) is 2.18. The molecule has 0 aliphatic rings. The van der Waals surface area contributed by atoms with Crippen molar-refractivity contribution in [2.75, 3.05) is 0 Å². The minimum absolute atomic E-state index is 0.241. The first-order valence-electron chi connectivity index (χ1n) is 4.89. The fraction of sp³-hybridized carbons (Fsp3) is 0.273. The second kappa shape index (κ2) is 4.89. The van der Waals surface area contributed by atoms with Crippen LogP contribution in [0.1, 0.15) is 22.5 Å². The molecule has 0 unspecified atom stereocenters. The van der Waals surface area contributed by atoms with Gasteiger partial charge < -0.3 is 4.57 Å². The highest BCUT2D eigenvalue weighted by molar-refractivity contribution is 7.12. The molecule has 3 nitrogen and oxygen atoms in total. The van der Waals surface area contributed by atoms with Gasteiger partial charge in [0.05, 0.1) is 11.2 Å². The summed E-state index contributed by atoms with van der Waals surface area (Å²) in [7, 11) is 0. The normalized spacial score (nSPS) is 10.4. The Morgan fingerprint density at radius 2 is 2.47 bits per heavy atom. The third-order valence-corrected chi connectivity index (χ3v) is 3.09. The molecule has 2 heterocycles. The van der Waals surface area contributed by atoms with E-state index in [1.165, 1.54) is 11.3 Å². The van der Waals surface area contributed by atoms with Crippen LogP contribution in [0.2, 0.25) is 0 Å². The van der Waals surface area contributed by atoms with Gasteiger partial charge in [-0.2, -0.15) is 0 Å². The number of aromatic nitrogens is 2. The van der Waals surface area contributed by atoms with E-state index in [1.807, 2.05) is 28.3 Å². The number of aryl methyl sites for hydroxylation is 1. The van der Waals surface area contributed by atoms with Crippen LogP contribution in [0.15, 0.2) is 36.2 Å². The molecular weight excluding hydrogens is 208 g/mol. The van der Waals surface area contributed by atoms with Crippen molar-refractivity contribution in [3.63, 3.8) is 0 Å². The molecule has 4 heteroatoms. The van der Waals surface area contributed by atoms with Crippen LogP contribution < -0.4 is 0 Å². The van der Waals surface area contributed by atoms with Crippen molar-refractivity contribution in [3.05, 3.63) is 41.1 Å². The molecule has 0 amide bonds. The van der Waals surface area contributed by atoms with Crippen molar-refractivity contribution in [1.29, 1.82) is 0 Å². The predicted molar refractivity (Wildman–Crippen MR) is 60.1 cm³/mol. The average molecular weight is 220 g/mol. The minimum Gasteiger partial charge on any atom is -0.337 e. The van der Waals surface area contributed by atoms with Crippen LogP contribution in [0, 0.1) is 0 Å². The average Bonchev–Trinajstić information content (AvgIpc) is 2.90. The van der Waals surface area contributed by atoms with Gasteiger partial charge in [-0.15, -0.1) is 11.3 Å². The molecular formula is C11H12N2OS. The largest absolute Gasteiger partial charge is 0.337 e. The summed E-state index contributed by atoms with van der Waals surface area (Å²) in [5.41, 5.74) is 0. The molecule has 0 atom stereocenters. The second-order valence-corrected chi connectivity index (χ2v) is 4.25. The maximum atomic E-state index is 11.6. The summed E-state index contributed by atoms with van der Waals surface area (Å²) in [5.74, 6) is 0.241. The molecule has 0 spiro atoms. The van der Waals surface area contributed by atoms with Gasteiger partial charge in [0.15, 0.2) is 5.78 Å². The fourth-order valence-corrected chi connectivity index (χ4v) is 2.10. The number of hydrogen-bond acceptors (Lipinski definition) is 3. The van der Waals surface area contributed by atoms with Crippen molar-refractivity contribution in [1.82, 2.24) is 9.55 Å². The van der Waals surface area contributed by atoms with Crippen LogP contribution >= 0.6 is 11.3 Å².